The van der Waals surface area contributed by atoms with Crippen molar-refractivity contribution in [3.8, 4) is 11.1 Å². The Morgan fingerprint density at radius 1 is 1.13 bits per heavy atom. The first-order chi connectivity index (χ1) is 6.68. The molecule has 1 aromatic heterocycles. The first-order valence-corrected chi connectivity index (χ1v) is 4.38. The summed E-state index contributed by atoms with van der Waals surface area (Å²) >= 11 is 5.73. The third-order valence-electron chi connectivity index (χ3n) is 1.94. The number of anilines is 1. The lowest BCUT2D eigenvalue weighted by Gasteiger charge is -1.97. The molecule has 80 valence electrons. The van der Waals surface area contributed by atoms with Gasteiger partial charge in [0.1, 0.15) is 5.82 Å². The van der Waals surface area contributed by atoms with Gasteiger partial charge in [0.2, 0.25) is 0 Å². The zero-order valence-corrected chi connectivity index (χ0v) is 8.43. The van der Waals surface area contributed by atoms with Gasteiger partial charge < -0.3 is 11.2 Å². The van der Waals surface area contributed by atoms with Crippen molar-refractivity contribution in [3.63, 3.8) is 0 Å². The Morgan fingerprint density at radius 2 is 1.73 bits per heavy atom. The van der Waals surface area contributed by atoms with Crippen LogP contribution in [0.25, 0.3) is 11.1 Å². The molecule has 2 aromatic rings. The van der Waals surface area contributed by atoms with Crippen molar-refractivity contribution in [1.82, 2.24) is 10.2 Å². The second-order valence-corrected chi connectivity index (χ2v) is 3.31. The highest BCUT2D eigenvalue weighted by atomic mass is 35.5. The first-order valence-electron chi connectivity index (χ1n) is 4.00. The van der Waals surface area contributed by atoms with E-state index in [4.69, 9.17) is 17.3 Å². The fourth-order valence-corrected chi connectivity index (χ4v) is 1.40. The van der Waals surface area contributed by atoms with Crippen molar-refractivity contribution in [1.29, 1.82) is 0 Å². The van der Waals surface area contributed by atoms with Crippen LogP contribution in [0.15, 0.2) is 29.1 Å². The Hall–Kier alpha value is -1.72. The summed E-state index contributed by atoms with van der Waals surface area (Å²) in [5.74, 6) is 0.331. The standard InChI is InChI=1S/C9H8ClN3O.H2O/c10-6-3-1-5(2-4-6)7-8(11)12-13-9(7)14;/h1-4H,(H4,11,12,13,14);1H2. The number of halogens is 1. The van der Waals surface area contributed by atoms with E-state index in [0.717, 1.165) is 5.56 Å². The van der Waals surface area contributed by atoms with Gasteiger partial charge in [-0.25, -0.2) is 0 Å². The zero-order valence-electron chi connectivity index (χ0n) is 7.67. The summed E-state index contributed by atoms with van der Waals surface area (Å²) in [5.41, 5.74) is 6.55. The van der Waals surface area contributed by atoms with Crippen LogP contribution in [-0.4, -0.2) is 15.7 Å². The van der Waals surface area contributed by atoms with E-state index in [2.05, 4.69) is 10.2 Å². The largest absolute Gasteiger partial charge is 0.412 e. The predicted octanol–water partition coefficient (Wildman–Crippen LogP) is 0.781. The molecule has 5 nitrogen and oxygen atoms in total. The van der Waals surface area contributed by atoms with Crippen LogP contribution in [0.5, 0.6) is 0 Å². The van der Waals surface area contributed by atoms with Crippen molar-refractivity contribution in [2.45, 2.75) is 0 Å². The Kier molecular flexibility index (Phi) is 3.18. The fraction of sp³-hybridized carbons (Fsp3) is 0. The predicted molar refractivity (Wildman–Crippen MR) is 59.9 cm³/mol. The minimum Gasteiger partial charge on any atom is -0.412 e. The molecular formula is C9H10ClN3O2. The van der Waals surface area contributed by atoms with Crippen LogP contribution in [0, 0.1) is 0 Å². The summed E-state index contributed by atoms with van der Waals surface area (Å²) in [5, 5.41) is 5.59. The number of nitrogens with one attached hydrogen (secondary N) is 2. The lowest BCUT2D eigenvalue weighted by atomic mass is 10.1. The number of rotatable bonds is 1. The highest BCUT2D eigenvalue weighted by Crippen LogP contribution is 2.21. The van der Waals surface area contributed by atoms with Gasteiger partial charge in [-0.2, -0.15) is 0 Å². The molecule has 6 N–H and O–H groups in total. The van der Waals surface area contributed by atoms with E-state index in [0.29, 0.717) is 16.4 Å². The van der Waals surface area contributed by atoms with E-state index in [1.165, 1.54) is 0 Å². The number of nitrogens with two attached hydrogens (primary N) is 1. The SMILES string of the molecule is Nc1[nH][nH]c(=O)c1-c1ccc(Cl)cc1.O. The van der Waals surface area contributed by atoms with Crippen molar-refractivity contribution in [3.05, 3.63) is 39.6 Å². The topological polar surface area (TPSA) is 106 Å². The minimum atomic E-state index is -0.232. The molecule has 0 atom stereocenters. The van der Waals surface area contributed by atoms with Gasteiger partial charge in [-0.3, -0.25) is 15.0 Å². The van der Waals surface area contributed by atoms with Crippen LogP contribution < -0.4 is 11.3 Å². The molecule has 15 heavy (non-hydrogen) atoms. The van der Waals surface area contributed by atoms with E-state index in [1.807, 2.05) is 0 Å². The molecule has 6 heteroatoms. The smallest absolute Gasteiger partial charge is 0.273 e. The van der Waals surface area contributed by atoms with Crippen molar-refractivity contribution >= 4 is 17.4 Å². The number of benzene rings is 1. The molecule has 0 bridgehead atoms. The molecule has 2 rings (SSSR count). The summed E-state index contributed by atoms with van der Waals surface area (Å²) in [7, 11) is 0. The summed E-state index contributed by atoms with van der Waals surface area (Å²) in [6, 6.07) is 6.92. The third kappa shape index (κ3) is 2.03. The van der Waals surface area contributed by atoms with E-state index < -0.39 is 0 Å². The third-order valence-corrected chi connectivity index (χ3v) is 2.19. The Labute approximate surface area is 90.2 Å². The van der Waals surface area contributed by atoms with Gasteiger partial charge in [0.15, 0.2) is 0 Å². The second kappa shape index (κ2) is 4.20. The Bertz CT molecular complexity index is 501. The number of aromatic nitrogens is 2. The summed E-state index contributed by atoms with van der Waals surface area (Å²) in [6.45, 7) is 0. The molecule has 0 fully saturated rings. The molecule has 0 unspecified atom stereocenters. The van der Waals surface area contributed by atoms with Crippen LogP contribution in [0.1, 0.15) is 0 Å². The highest BCUT2D eigenvalue weighted by molar-refractivity contribution is 6.30. The van der Waals surface area contributed by atoms with Crippen LogP contribution in [0.4, 0.5) is 5.82 Å². The number of nitrogen functional groups attached to an aromatic ring is 1. The number of hydrogen-bond donors (Lipinski definition) is 3. The summed E-state index contributed by atoms with van der Waals surface area (Å²) < 4.78 is 0. The monoisotopic (exact) mass is 227 g/mol. The Balaban J connectivity index is 0.00000112. The summed E-state index contributed by atoms with van der Waals surface area (Å²) in [4.78, 5) is 11.3. The molecule has 0 saturated carbocycles. The van der Waals surface area contributed by atoms with Gasteiger partial charge in [-0.05, 0) is 17.7 Å². The molecule has 0 aliphatic heterocycles. The minimum absolute atomic E-state index is 0. The lowest BCUT2D eigenvalue weighted by Crippen LogP contribution is -2.02. The van der Waals surface area contributed by atoms with Crippen molar-refractivity contribution in [2.24, 2.45) is 0 Å². The highest BCUT2D eigenvalue weighted by Gasteiger charge is 2.08. The molecular weight excluding hydrogens is 218 g/mol. The van der Waals surface area contributed by atoms with Crippen LogP contribution in [0.2, 0.25) is 5.02 Å². The average molecular weight is 228 g/mol. The number of aromatic amines is 2. The maximum Gasteiger partial charge on any atom is 0.273 e. The van der Waals surface area contributed by atoms with Crippen LogP contribution in [0.3, 0.4) is 0 Å². The first kappa shape index (κ1) is 11.4. The molecule has 0 aliphatic rings. The molecule has 0 saturated heterocycles. The van der Waals surface area contributed by atoms with E-state index in [9.17, 15) is 4.79 Å². The van der Waals surface area contributed by atoms with Crippen molar-refractivity contribution in [2.75, 3.05) is 5.73 Å². The lowest BCUT2D eigenvalue weighted by molar-refractivity contribution is 0.824. The van der Waals surface area contributed by atoms with Gasteiger partial charge in [-0.15, -0.1) is 0 Å². The van der Waals surface area contributed by atoms with E-state index >= 15 is 0 Å². The normalized spacial score (nSPS) is 9.67. The van der Waals surface area contributed by atoms with E-state index in [-0.39, 0.29) is 11.0 Å². The van der Waals surface area contributed by atoms with Gasteiger partial charge >= 0.3 is 0 Å². The summed E-state index contributed by atoms with van der Waals surface area (Å²) in [6.07, 6.45) is 0. The van der Waals surface area contributed by atoms with Gasteiger partial charge in [0.25, 0.3) is 5.56 Å². The molecule has 0 radical (unpaired) electrons. The molecule has 1 heterocycles. The fourth-order valence-electron chi connectivity index (χ4n) is 1.27. The zero-order chi connectivity index (χ0) is 10.1. The number of H-pyrrole nitrogens is 2. The molecule has 1 aromatic carbocycles. The molecule has 0 spiro atoms. The van der Waals surface area contributed by atoms with Gasteiger partial charge in [-0.1, -0.05) is 23.7 Å². The van der Waals surface area contributed by atoms with Crippen molar-refractivity contribution < 1.29 is 5.48 Å². The average Bonchev–Trinajstić information content (AvgIpc) is 2.49. The molecule has 0 aliphatic carbocycles. The van der Waals surface area contributed by atoms with Gasteiger partial charge in [0.05, 0.1) is 5.56 Å². The number of hydrogen-bond acceptors (Lipinski definition) is 2. The van der Waals surface area contributed by atoms with Crippen LogP contribution >= 0.6 is 11.6 Å². The second-order valence-electron chi connectivity index (χ2n) is 2.87. The van der Waals surface area contributed by atoms with Crippen LogP contribution in [-0.2, 0) is 0 Å². The van der Waals surface area contributed by atoms with E-state index in [1.54, 1.807) is 24.3 Å². The Morgan fingerprint density at radius 3 is 2.20 bits per heavy atom. The van der Waals surface area contributed by atoms with Gasteiger partial charge in [0, 0.05) is 5.02 Å². The quantitative estimate of drug-likeness (QED) is 0.670. The maximum absolute atomic E-state index is 11.3. The molecule has 0 amide bonds. The maximum atomic E-state index is 11.3.